The van der Waals surface area contributed by atoms with Gasteiger partial charge >= 0.3 is 0 Å². The molecule has 0 N–H and O–H groups in total. The summed E-state index contributed by atoms with van der Waals surface area (Å²) in [5, 5.41) is 0.475. The van der Waals surface area contributed by atoms with E-state index in [0.29, 0.717) is 17.6 Å². The lowest BCUT2D eigenvalue weighted by Crippen LogP contribution is -2.30. The van der Waals surface area contributed by atoms with Crippen LogP contribution in [0.5, 0.6) is 0 Å². The van der Waals surface area contributed by atoms with Crippen LogP contribution in [0.3, 0.4) is 0 Å². The van der Waals surface area contributed by atoms with Gasteiger partial charge in [-0.3, -0.25) is 0 Å². The molecule has 1 fully saturated rings. The van der Waals surface area contributed by atoms with E-state index in [-0.39, 0.29) is 0 Å². The summed E-state index contributed by atoms with van der Waals surface area (Å²) in [5.41, 5.74) is 0. The fourth-order valence-corrected chi connectivity index (χ4v) is 2.19. The minimum atomic E-state index is 0.394. The first-order chi connectivity index (χ1) is 8.19. The molecule has 0 bridgehead atoms. The minimum Gasteiger partial charge on any atom is -0.377 e. The van der Waals surface area contributed by atoms with Crippen LogP contribution in [0, 0.1) is 5.92 Å². The summed E-state index contributed by atoms with van der Waals surface area (Å²) in [6, 6.07) is 1.80. The molecule has 2 rings (SSSR count). The van der Waals surface area contributed by atoms with Gasteiger partial charge in [-0.1, -0.05) is 18.0 Å². The van der Waals surface area contributed by atoms with E-state index in [1.54, 1.807) is 13.2 Å². The molecular weight excluding hydrogens is 238 g/mol. The Labute approximate surface area is 107 Å². The summed E-state index contributed by atoms with van der Waals surface area (Å²) < 4.78 is 5.03. The Morgan fingerprint density at radius 3 is 2.82 bits per heavy atom. The number of anilines is 1. The Kier molecular flexibility index (Phi) is 4.18. The zero-order chi connectivity index (χ0) is 12.3. The molecule has 94 valence electrons. The van der Waals surface area contributed by atoms with Gasteiger partial charge in [-0.2, -0.15) is 0 Å². The van der Waals surface area contributed by atoms with Gasteiger partial charge in [-0.05, 0) is 18.8 Å². The van der Waals surface area contributed by atoms with Gasteiger partial charge < -0.3 is 9.64 Å². The number of nitrogens with zero attached hydrogens (tertiary/aromatic N) is 3. The first kappa shape index (κ1) is 12.6. The predicted octanol–water partition coefficient (Wildman–Crippen LogP) is 2.51. The first-order valence-corrected chi connectivity index (χ1v) is 6.30. The predicted molar refractivity (Wildman–Crippen MR) is 68.4 cm³/mol. The van der Waals surface area contributed by atoms with Gasteiger partial charge in [0.1, 0.15) is 17.6 Å². The van der Waals surface area contributed by atoms with E-state index in [2.05, 4.69) is 14.9 Å². The second-order valence-corrected chi connectivity index (χ2v) is 4.96. The van der Waals surface area contributed by atoms with Crippen LogP contribution >= 0.6 is 11.6 Å². The fraction of sp³-hybridized carbons (Fsp3) is 0.667. The van der Waals surface area contributed by atoms with Crippen LogP contribution in [0.15, 0.2) is 6.07 Å². The van der Waals surface area contributed by atoms with Crippen LogP contribution in [0.2, 0.25) is 5.15 Å². The summed E-state index contributed by atoms with van der Waals surface area (Å²) in [5.74, 6) is 2.32. The standard InChI is InChI=1S/C12H18ClN3O/c1-16(7-9-4-3-5-9)12-6-10(13)14-11(15-12)8-17-2/h6,9H,3-5,7-8H2,1-2H3. The maximum atomic E-state index is 5.98. The van der Waals surface area contributed by atoms with Crippen LogP contribution < -0.4 is 4.90 Å². The fourth-order valence-electron chi connectivity index (χ4n) is 2.00. The quantitative estimate of drug-likeness (QED) is 0.758. The van der Waals surface area contributed by atoms with Gasteiger partial charge in [0.15, 0.2) is 5.82 Å². The number of hydrogen-bond donors (Lipinski definition) is 0. The normalized spacial score (nSPS) is 15.7. The summed E-state index contributed by atoms with van der Waals surface area (Å²) in [6.07, 6.45) is 4.01. The molecule has 0 aromatic carbocycles. The van der Waals surface area contributed by atoms with Crippen molar-refractivity contribution in [3.05, 3.63) is 17.0 Å². The van der Waals surface area contributed by atoms with Gasteiger partial charge in [0.2, 0.25) is 0 Å². The second-order valence-electron chi connectivity index (χ2n) is 4.58. The highest BCUT2D eigenvalue weighted by atomic mass is 35.5. The van der Waals surface area contributed by atoms with Gasteiger partial charge in [0, 0.05) is 26.8 Å². The van der Waals surface area contributed by atoms with Crippen molar-refractivity contribution in [2.24, 2.45) is 5.92 Å². The van der Waals surface area contributed by atoms with E-state index in [9.17, 15) is 0 Å². The van der Waals surface area contributed by atoms with Crippen molar-refractivity contribution < 1.29 is 4.74 Å². The van der Waals surface area contributed by atoms with E-state index in [4.69, 9.17) is 16.3 Å². The molecule has 17 heavy (non-hydrogen) atoms. The Balaban J connectivity index is 2.06. The molecule has 0 saturated heterocycles. The third-order valence-corrected chi connectivity index (χ3v) is 3.34. The molecule has 5 heteroatoms. The highest BCUT2D eigenvalue weighted by molar-refractivity contribution is 6.29. The number of rotatable bonds is 5. The number of ether oxygens (including phenoxy) is 1. The topological polar surface area (TPSA) is 38.2 Å². The molecule has 0 amide bonds. The van der Waals surface area contributed by atoms with Crippen molar-refractivity contribution in [2.75, 3.05) is 25.6 Å². The summed E-state index contributed by atoms with van der Waals surface area (Å²) in [7, 11) is 3.68. The van der Waals surface area contributed by atoms with Gasteiger partial charge in [-0.15, -0.1) is 0 Å². The molecule has 0 spiro atoms. The maximum absolute atomic E-state index is 5.98. The van der Waals surface area contributed by atoms with Crippen LogP contribution in [-0.2, 0) is 11.3 Å². The van der Waals surface area contributed by atoms with E-state index < -0.39 is 0 Å². The molecule has 0 atom stereocenters. The Bertz CT molecular complexity index is 382. The van der Waals surface area contributed by atoms with Crippen molar-refractivity contribution >= 4 is 17.4 Å². The molecule has 1 aliphatic carbocycles. The molecule has 0 radical (unpaired) electrons. The van der Waals surface area contributed by atoms with Gasteiger partial charge in [0.05, 0.1) is 0 Å². The largest absolute Gasteiger partial charge is 0.377 e. The molecule has 0 unspecified atom stereocenters. The number of hydrogen-bond acceptors (Lipinski definition) is 4. The molecule has 0 aliphatic heterocycles. The average molecular weight is 256 g/mol. The first-order valence-electron chi connectivity index (χ1n) is 5.92. The van der Waals surface area contributed by atoms with E-state index in [0.717, 1.165) is 18.3 Å². The monoisotopic (exact) mass is 255 g/mol. The third kappa shape index (κ3) is 3.30. The number of methoxy groups -OCH3 is 1. The van der Waals surface area contributed by atoms with Crippen molar-refractivity contribution in [1.29, 1.82) is 0 Å². The van der Waals surface area contributed by atoms with Crippen LogP contribution in [-0.4, -0.2) is 30.7 Å². The smallest absolute Gasteiger partial charge is 0.158 e. The van der Waals surface area contributed by atoms with Crippen molar-refractivity contribution in [3.63, 3.8) is 0 Å². The zero-order valence-corrected chi connectivity index (χ0v) is 11.1. The van der Waals surface area contributed by atoms with E-state index in [1.807, 2.05) is 7.05 Å². The Morgan fingerprint density at radius 1 is 1.47 bits per heavy atom. The summed E-state index contributed by atoms with van der Waals surface area (Å²) in [4.78, 5) is 10.7. The molecule has 1 aromatic rings. The molecule has 1 aromatic heterocycles. The maximum Gasteiger partial charge on any atom is 0.158 e. The third-order valence-electron chi connectivity index (χ3n) is 3.15. The van der Waals surface area contributed by atoms with Gasteiger partial charge in [-0.25, -0.2) is 9.97 Å². The molecular formula is C12H18ClN3O. The van der Waals surface area contributed by atoms with E-state index >= 15 is 0 Å². The molecule has 1 saturated carbocycles. The molecule has 1 aliphatic rings. The molecule has 1 heterocycles. The highest BCUT2D eigenvalue weighted by Crippen LogP contribution is 2.28. The Morgan fingerprint density at radius 2 is 2.24 bits per heavy atom. The second kappa shape index (κ2) is 5.65. The highest BCUT2D eigenvalue weighted by Gasteiger charge is 2.20. The summed E-state index contributed by atoms with van der Waals surface area (Å²) >= 11 is 5.98. The van der Waals surface area contributed by atoms with Crippen molar-refractivity contribution in [2.45, 2.75) is 25.9 Å². The van der Waals surface area contributed by atoms with Crippen molar-refractivity contribution in [1.82, 2.24) is 9.97 Å². The zero-order valence-electron chi connectivity index (χ0n) is 10.3. The van der Waals surface area contributed by atoms with Gasteiger partial charge in [0.25, 0.3) is 0 Å². The lowest BCUT2D eigenvalue weighted by atomic mass is 9.85. The van der Waals surface area contributed by atoms with Crippen LogP contribution in [0.25, 0.3) is 0 Å². The van der Waals surface area contributed by atoms with Crippen LogP contribution in [0.1, 0.15) is 25.1 Å². The average Bonchev–Trinajstić information content (AvgIpc) is 2.23. The molecule has 4 nitrogen and oxygen atoms in total. The SMILES string of the molecule is COCc1nc(Cl)cc(N(C)CC2CCC2)n1. The minimum absolute atomic E-state index is 0.394. The van der Waals surface area contributed by atoms with Crippen LogP contribution in [0.4, 0.5) is 5.82 Å². The number of aromatic nitrogens is 2. The lowest BCUT2D eigenvalue weighted by molar-refractivity contribution is 0.178. The van der Waals surface area contributed by atoms with Crippen molar-refractivity contribution in [3.8, 4) is 0 Å². The lowest BCUT2D eigenvalue weighted by Gasteiger charge is -2.30. The Hall–Kier alpha value is -0.870. The summed E-state index contributed by atoms with van der Waals surface area (Å²) in [6.45, 7) is 1.44. The van der Waals surface area contributed by atoms with E-state index in [1.165, 1.54) is 19.3 Å². The number of halogens is 1.